The maximum Gasteiger partial charge on any atom is 0.228 e. The van der Waals surface area contributed by atoms with Gasteiger partial charge in [0.25, 0.3) is 0 Å². The fourth-order valence-corrected chi connectivity index (χ4v) is 4.62. The van der Waals surface area contributed by atoms with E-state index in [-0.39, 0.29) is 5.82 Å². The van der Waals surface area contributed by atoms with Gasteiger partial charge in [-0.3, -0.25) is 4.57 Å². The summed E-state index contributed by atoms with van der Waals surface area (Å²) in [5.74, 6) is 1.57. The first kappa shape index (κ1) is 15.4. The van der Waals surface area contributed by atoms with Crippen molar-refractivity contribution in [2.24, 2.45) is 0 Å². The molecule has 23 heavy (non-hydrogen) atoms. The normalized spacial score (nSPS) is 17.9. The third kappa shape index (κ3) is 3.26. The number of benzene rings is 1. The molecular weight excluding hydrogens is 379 g/mol. The van der Waals surface area contributed by atoms with E-state index in [9.17, 15) is 4.39 Å². The van der Waals surface area contributed by atoms with Crippen LogP contribution in [-0.4, -0.2) is 27.9 Å². The van der Waals surface area contributed by atoms with Gasteiger partial charge >= 0.3 is 0 Å². The molecule has 1 saturated carbocycles. The summed E-state index contributed by atoms with van der Waals surface area (Å²) in [5, 5.41) is 9.86. The second-order valence-electron chi connectivity index (χ2n) is 6.10. The van der Waals surface area contributed by atoms with Crippen LogP contribution in [0.15, 0.2) is 27.8 Å². The molecule has 0 amide bonds. The molecule has 1 aromatic carbocycles. The second-order valence-corrected chi connectivity index (χ2v) is 7.90. The highest BCUT2D eigenvalue weighted by Gasteiger charge is 2.32. The highest BCUT2D eigenvalue weighted by atomic mass is 79.9. The molecule has 0 atom stereocenters. The molecule has 1 aliphatic heterocycles. The van der Waals surface area contributed by atoms with Gasteiger partial charge in [0, 0.05) is 29.4 Å². The number of hydrogen-bond donors (Lipinski definition) is 0. The Balaban J connectivity index is 1.54. The minimum absolute atomic E-state index is 0.219. The quantitative estimate of drug-likeness (QED) is 0.701. The van der Waals surface area contributed by atoms with Gasteiger partial charge in [-0.15, -0.1) is 10.2 Å². The fourth-order valence-electron chi connectivity index (χ4n) is 2.93. The Hall–Kier alpha value is -1.08. The van der Waals surface area contributed by atoms with Crippen LogP contribution in [0, 0.1) is 5.82 Å². The first-order chi connectivity index (χ1) is 11.2. The Kier molecular flexibility index (Phi) is 4.32. The standard InChI is InChI=1S/C16H18BrFN4S/c17-14-9-12(18)4-3-11(14)10-23-16-20-19-15(21-7-1-2-8-21)22(16)13-5-6-13/h3-4,9,13H,1-2,5-8,10H2. The molecule has 2 fully saturated rings. The van der Waals surface area contributed by atoms with E-state index in [1.165, 1.54) is 37.8 Å². The molecule has 0 spiro atoms. The summed E-state index contributed by atoms with van der Waals surface area (Å²) in [6, 6.07) is 5.39. The van der Waals surface area contributed by atoms with Crippen LogP contribution in [0.25, 0.3) is 0 Å². The molecule has 0 radical (unpaired) electrons. The van der Waals surface area contributed by atoms with E-state index in [1.54, 1.807) is 11.8 Å². The van der Waals surface area contributed by atoms with Crippen molar-refractivity contribution in [3.05, 3.63) is 34.1 Å². The van der Waals surface area contributed by atoms with Crippen molar-refractivity contribution < 1.29 is 4.39 Å². The molecule has 2 aliphatic rings. The van der Waals surface area contributed by atoms with Gasteiger partial charge in [0.05, 0.1) is 0 Å². The first-order valence-electron chi connectivity index (χ1n) is 7.99. The summed E-state index contributed by atoms with van der Waals surface area (Å²) in [7, 11) is 0. The van der Waals surface area contributed by atoms with Gasteiger partial charge in [-0.05, 0) is 43.4 Å². The van der Waals surface area contributed by atoms with Crippen LogP contribution in [0.3, 0.4) is 0 Å². The summed E-state index contributed by atoms with van der Waals surface area (Å²) >= 11 is 5.11. The van der Waals surface area contributed by atoms with Crippen LogP contribution in [0.4, 0.5) is 10.3 Å². The minimum atomic E-state index is -0.219. The van der Waals surface area contributed by atoms with Gasteiger partial charge in [0.1, 0.15) is 5.82 Å². The van der Waals surface area contributed by atoms with Gasteiger partial charge in [-0.1, -0.05) is 33.8 Å². The second kappa shape index (κ2) is 6.43. The van der Waals surface area contributed by atoms with Gasteiger partial charge in [0.2, 0.25) is 5.95 Å². The average Bonchev–Trinajstić information content (AvgIpc) is 3.07. The van der Waals surface area contributed by atoms with Crippen LogP contribution < -0.4 is 4.90 Å². The topological polar surface area (TPSA) is 34.0 Å². The summed E-state index contributed by atoms with van der Waals surface area (Å²) in [6.45, 7) is 2.16. The molecule has 0 bridgehead atoms. The van der Waals surface area contributed by atoms with E-state index in [0.717, 1.165) is 40.0 Å². The summed E-state index contributed by atoms with van der Waals surface area (Å²) in [5.41, 5.74) is 1.07. The number of nitrogens with zero attached hydrogens (tertiary/aromatic N) is 4. The van der Waals surface area contributed by atoms with Crippen LogP contribution in [0.2, 0.25) is 0 Å². The lowest BCUT2D eigenvalue weighted by atomic mass is 10.2. The predicted molar refractivity (Wildman–Crippen MR) is 93.4 cm³/mol. The van der Waals surface area contributed by atoms with Gasteiger partial charge < -0.3 is 4.90 Å². The SMILES string of the molecule is Fc1ccc(CSc2nnc(N3CCCC3)n2C2CC2)c(Br)c1. The van der Waals surface area contributed by atoms with E-state index in [0.29, 0.717) is 6.04 Å². The Morgan fingerprint density at radius 1 is 1.22 bits per heavy atom. The third-order valence-electron chi connectivity index (χ3n) is 4.32. The van der Waals surface area contributed by atoms with E-state index < -0.39 is 0 Å². The number of aromatic nitrogens is 3. The van der Waals surface area contributed by atoms with E-state index in [1.807, 2.05) is 6.07 Å². The summed E-state index contributed by atoms with van der Waals surface area (Å²) in [6.07, 6.45) is 4.91. The van der Waals surface area contributed by atoms with Crippen molar-refractivity contribution in [2.75, 3.05) is 18.0 Å². The maximum atomic E-state index is 13.2. The average molecular weight is 397 g/mol. The van der Waals surface area contributed by atoms with Crippen molar-refractivity contribution in [3.63, 3.8) is 0 Å². The molecule has 0 unspecified atom stereocenters. The lowest BCUT2D eigenvalue weighted by Gasteiger charge is -2.18. The lowest BCUT2D eigenvalue weighted by Crippen LogP contribution is -2.22. The molecule has 4 rings (SSSR count). The molecule has 1 saturated heterocycles. The van der Waals surface area contributed by atoms with Crippen LogP contribution in [0.1, 0.15) is 37.3 Å². The monoisotopic (exact) mass is 396 g/mol. The number of halogens is 2. The van der Waals surface area contributed by atoms with E-state index >= 15 is 0 Å². The highest BCUT2D eigenvalue weighted by molar-refractivity contribution is 9.10. The molecular formula is C16H18BrFN4S. The van der Waals surface area contributed by atoms with E-state index in [4.69, 9.17) is 0 Å². The van der Waals surface area contributed by atoms with Gasteiger partial charge in [-0.2, -0.15) is 0 Å². The number of thioether (sulfide) groups is 1. The minimum Gasteiger partial charge on any atom is -0.341 e. The Morgan fingerprint density at radius 3 is 2.70 bits per heavy atom. The maximum absolute atomic E-state index is 13.2. The summed E-state index contributed by atoms with van der Waals surface area (Å²) in [4.78, 5) is 2.35. The van der Waals surface area contributed by atoms with Crippen LogP contribution in [0.5, 0.6) is 0 Å². The molecule has 1 aliphatic carbocycles. The highest BCUT2D eigenvalue weighted by Crippen LogP contribution is 2.42. The largest absolute Gasteiger partial charge is 0.341 e. The summed E-state index contributed by atoms with van der Waals surface area (Å²) < 4.78 is 16.3. The fraction of sp³-hybridized carbons (Fsp3) is 0.500. The first-order valence-corrected chi connectivity index (χ1v) is 9.77. The third-order valence-corrected chi connectivity index (χ3v) is 6.05. The Labute approximate surface area is 147 Å². The molecule has 7 heteroatoms. The molecule has 2 aromatic rings. The van der Waals surface area contributed by atoms with Crippen molar-refractivity contribution in [1.82, 2.24) is 14.8 Å². The number of hydrogen-bond acceptors (Lipinski definition) is 4. The molecule has 122 valence electrons. The zero-order chi connectivity index (χ0) is 15.8. The van der Waals surface area contributed by atoms with Gasteiger partial charge in [0.15, 0.2) is 5.16 Å². The molecule has 0 N–H and O–H groups in total. The lowest BCUT2D eigenvalue weighted by molar-refractivity contribution is 0.626. The van der Waals surface area contributed by atoms with Crippen molar-refractivity contribution in [2.45, 2.75) is 42.6 Å². The van der Waals surface area contributed by atoms with Crippen molar-refractivity contribution in [3.8, 4) is 0 Å². The Bertz CT molecular complexity index is 710. The molecule has 2 heterocycles. The van der Waals surface area contributed by atoms with Crippen molar-refractivity contribution >= 4 is 33.6 Å². The van der Waals surface area contributed by atoms with Gasteiger partial charge in [-0.25, -0.2) is 4.39 Å². The number of rotatable bonds is 5. The Morgan fingerprint density at radius 2 is 2.00 bits per heavy atom. The van der Waals surface area contributed by atoms with E-state index in [2.05, 4.69) is 35.6 Å². The molecule has 4 nitrogen and oxygen atoms in total. The zero-order valence-corrected chi connectivity index (χ0v) is 15.1. The smallest absolute Gasteiger partial charge is 0.228 e. The number of anilines is 1. The molecule has 1 aromatic heterocycles. The predicted octanol–water partition coefficient (Wildman–Crippen LogP) is 4.41. The van der Waals surface area contributed by atoms with Crippen molar-refractivity contribution in [1.29, 1.82) is 0 Å². The van der Waals surface area contributed by atoms with Crippen LogP contribution in [-0.2, 0) is 5.75 Å². The van der Waals surface area contributed by atoms with Crippen LogP contribution >= 0.6 is 27.7 Å². The zero-order valence-electron chi connectivity index (χ0n) is 12.7.